The summed E-state index contributed by atoms with van der Waals surface area (Å²) in [6, 6.07) is 1.71. The highest BCUT2D eigenvalue weighted by Crippen LogP contribution is 2.27. The first-order valence-corrected chi connectivity index (χ1v) is 7.98. The minimum absolute atomic E-state index is 0.216. The Hall–Kier alpha value is -1.82. The van der Waals surface area contributed by atoms with Crippen LogP contribution in [0.5, 0.6) is 0 Å². The van der Waals surface area contributed by atoms with Crippen molar-refractivity contribution in [2.45, 2.75) is 51.9 Å². The van der Waals surface area contributed by atoms with Crippen LogP contribution in [0.4, 0.5) is 8.78 Å². The Morgan fingerprint density at radius 1 is 1.35 bits per heavy atom. The molecule has 3 rings (SSSR count). The van der Waals surface area contributed by atoms with Gasteiger partial charge in [0.05, 0.1) is 17.1 Å². The van der Waals surface area contributed by atoms with E-state index in [2.05, 4.69) is 15.4 Å². The molecule has 1 aliphatic carbocycles. The van der Waals surface area contributed by atoms with Crippen molar-refractivity contribution in [2.75, 3.05) is 0 Å². The molecule has 0 bridgehead atoms. The van der Waals surface area contributed by atoms with Gasteiger partial charge in [0, 0.05) is 31.4 Å². The quantitative estimate of drug-likeness (QED) is 0.940. The van der Waals surface area contributed by atoms with Gasteiger partial charge in [-0.3, -0.25) is 9.67 Å². The summed E-state index contributed by atoms with van der Waals surface area (Å²) in [5.74, 6) is -0.317. The predicted molar refractivity (Wildman–Crippen MR) is 85.2 cm³/mol. The lowest BCUT2D eigenvalue weighted by molar-refractivity contribution is 0.333. The first-order valence-electron chi connectivity index (χ1n) is 7.98. The van der Waals surface area contributed by atoms with E-state index < -0.39 is 6.17 Å². The van der Waals surface area contributed by atoms with Crippen LogP contribution in [0, 0.1) is 19.7 Å². The van der Waals surface area contributed by atoms with Crippen LogP contribution in [0.15, 0.2) is 12.3 Å². The monoisotopic (exact) mass is 320 g/mol. The number of rotatable bonds is 4. The van der Waals surface area contributed by atoms with E-state index >= 15 is 0 Å². The molecule has 0 radical (unpaired) electrons. The Morgan fingerprint density at radius 3 is 2.78 bits per heavy atom. The first-order chi connectivity index (χ1) is 11.0. The molecule has 0 saturated heterocycles. The van der Waals surface area contributed by atoms with Gasteiger partial charge in [-0.05, 0) is 44.7 Å². The molecule has 23 heavy (non-hydrogen) atoms. The van der Waals surface area contributed by atoms with Gasteiger partial charge >= 0.3 is 0 Å². The summed E-state index contributed by atoms with van der Waals surface area (Å²) in [6.45, 7) is 4.22. The van der Waals surface area contributed by atoms with Crippen molar-refractivity contribution < 1.29 is 8.78 Å². The molecular weight excluding hydrogens is 298 g/mol. The van der Waals surface area contributed by atoms with E-state index in [1.54, 1.807) is 17.8 Å². The molecule has 2 heterocycles. The Kier molecular flexibility index (Phi) is 4.43. The van der Waals surface area contributed by atoms with E-state index in [1.807, 2.05) is 14.0 Å². The van der Waals surface area contributed by atoms with Gasteiger partial charge in [-0.1, -0.05) is 0 Å². The van der Waals surface area contributed by atoms with Crippen LogP contribution in [0.3, 0.4) is 0 Å². The number of pyridine rings is 1. The smallest absolute Gasteiger partial charge is 0.145 e. The highest BCUT2D eigenvalue weighted by atomic mass is 19.1. The van der Waals surface area contributed by atoms with Crippen molar-refractivity contribution in [1.29, 1.82) is 0 Å². The van der Waals surface area contributed by atoms with E-state index in [0.717, 1.165) is 28.9 Å². The molecule has 2 aromatic rings. The summed E-state index contributed by atoms with van der Waals surface area (Å²) in [4.78, 5) is 4.09. The molecule has 1 aliphatic rings. The minimum Gasteiger partial charge on any atom is -0.308 e. The Balaban J connectivity index is 1.80. The molecule has 2 aromatic heterocycles. The van der Waals surface area contributed by atoms with E-state index in [0.29, 0.717) is 25.1 Å². The predicted octanol–water partition coefficient (Wildman–Crippen LogP) is 3.22. The fourth-order valence-electron chi connectivity index (χ4n) is 3.25. The summed E-state index contributed by atoms with van der Waals surface area (Å²) in [5.41, 5.74) is 3.88. The molecule has 0 spiro atoms. The van der Waals surface area contributed by atoms with Gasteiger partial charge in [0.25, 0.3) is 0 Å². The van der Waals surface area contributed by atoms with Crippen molar-refractivity contribution in [2.24, 2.45) is 7.05 Å². The second-order valence-electron chi connectivity index (χ2n) is 6.32. The van der Waals surface area contributed by atoms with Crippen molar-refractivity contribution in [3.63, 3.8) is 0 Å². The molecule has 2 atom stereocenters. The van der Waals surface area contributed by atoms with E-state index in [-0.39, 0.29) is 11.9 Å². The standard InChI is InChI=1S/C17H22F2N4/c1-10-16(9-21-14-5-4-13(18)7-14)22-23(3)17(10)12-6-15(19)11(2)20-8-12/h6,8,13-14,21H,4-5,7,9H2,1-3H3/t13-,14+/m1/s1. The normalized spacial score (nSPS) is 21.1. The van der Waals surface area contributed by atoms with E-state index in [9.17, 15) is 8.78 Å². The van der Waals surface area contributed by atoms with Gasteiger partial charge in [-0.15, -0.1) is 0 Å². The van der Waals surface area contributed by atoms with Crippen LogP contribution in [-0.2, 0) is 13.6 Å². The zero-order valence-corrected chi connectivity index (χ0v) is 13.7. The molecule has 1 fully saturated rings. The lowest BCUT2D eigenvalue weighted by Crippen LogP contribution is -2.26. The van der Waals surface area contributed by atoms with Gasteiger partial charge < -0.3 is 5.32 Å². The average molecular weight is 320 g/mol. The van der Waals surface area contributed by atoms with Gasteiger partial charge in [-0.2, -0.15) is 5.10 Å². The first kappa shape index (κ1) is 16.1. The fraction of sp³-hybridized carbons (Fsp3) is 0.529. The number of nitrogens with zero attached hydrogens (tertiary/aromatic N) is 3. The van der Waals surface area contributed by atoms with Crippen LogP contribution < -0.4 is 5.32 Å². The molecule has 0 amide bonds. The summed E-state index contributed by atoms with van der Waals surface area (Å²) < 4.78 is 28.8. The maximum absolute atomic E-state index is 13.8. The van der Waals surface area contributed by atoms with Crippen LogP contribution in [0.2, 0.25) is 0 Å². The molecule has 4 nitrogen and oxygen atoms in total. The van der Waals surface area contributed by atoms with Gasteiger partial charge in [0.1, 0.15) is 12.0 Å². The van der Waals surface area contributed by atoms with Crippen LogP contribution in [-0.4, -0.2) is 27.0 Å². The zero-order valence-electron chi connectivity index (χ0n) is 13.7. The summed E-state index contributed by atoms with van der Waals surface area (Å²) in [5, 5.41) is 7.90. The molecule has 6 heteroatoms. The summed E-state index contributed by atoms with van der Waals surface area (Å²) in [7, 11) is 1.84. The van der Waals surface area contributed by atoms with Gasteiger partial charge in [-0.25, -0.2) is 8.78 Å². The third-order valence-electron chi connectivity index (χ3n) is 4.61. The average Bonchev–Trinajstić information content (AvgIpc) is 3.04. The van der Waals surface area contributed by atoms with E-state index in [4.69, 9.17) is 0 Å². The Bertz CT molecular complexity index is 711. The molecule has 0 unspecified atom stereocenters. The van der Waals surface area contributed by atoms with Gasteiger partial charge in [0.2, 0.25) is 0 Å². The van der Waals surface area contributed by atoms with Crippen molar-refractivity contribution in [3.8, 4) is 11.3 Å². The molecular formula is C17H22F2N4. The van der Waals surface area contributed by atoms with Crippen LogP contribution in [0.25, 0.3) is 11.3 Å². The third kappa shape index (κ3) is 3.27. The van der Waals surface area contributed by atoms with Crippen LogP contribution in [0.1, 0.15) is 36.2 Å². The number of hydrogen-bond acceptors (Lipinski definition) is 3. The van der Waals surface area contributed by atoms with Gasteiger partial charge in [0.15, 0.2) is 0 Å². The highest BCUT2D eigenvalue weighted by molar-refractivity contribution is 5.63. The second kappa shape index (κ2) is 6.35. The molecule has 1 saturated carbocycles. The second-order valence-corrected chi connectivity index (χ2v) is 6.32. The molecule has 124 valence electrons. The lowest BCUT2D eigenvalue weighted by Gasteiger charge is -2.10. The highest BCUT2D eigenvalue weighted by Gasteiger charge is 2.24. The van der Waals surface area contributed by atoms with Crippen molar-refractivity contribution in [1.82, 2.24) is 20.1 Å². The topological polar surface area (TPSA) is 42.7 Å². The number of hydrogen-bond donors (Lipinski definition) is 1. The molecule has 0 aliphatic heterocycles. The van der Waals surface area contributed by atoms with Crippen molar-refractivity contribution in [3.05, 3.63) is 35.0 Å². The van der Waals surface area contributed by atoms with Crippen molar-refractivity contribution >= 4 is 0 Å². The number of aromatic nitrogens is 3. The van der Waals surface area contributed by atoms with E-state index in [1.165, 1.54) is 6.07 Å². The summed E-state index contributed by atoms with van der Waals surface area (Å²) >= 11 is 0. The summed E-state index contributed by atoms with van der Waals surface area (Å²) in [6.07, 6.45) is 3.07. The lowest BCUT2D eigenvalue weighted by atomic mass is 10.1. The van der Waals surface area contributed by atoms with Crippen LogP contribution >= 0.6 is 0 Å². The molecule has 1 N–H and O–H groups in total. The minimum atomic E-state index is -0.686. The SMILES string of the molecule is Cc1ncc(-c2c(C)c(CN[C@H]3CC[C@@H](F)C3)nn2C)cc1F. The molecule has 0 aromatic carbocycles. The zero-order chi connectivity index (χ0) is 16.6. The maximum Gasteiger partial charge on any atom is 0.145 e. The number of halogens is 2. The number of aryl methyl sites for hydroxylation is 2. The Labute approximate surface area is 134 Å². The maximum atomic E-state index is 13.8. The largest absolute Gasteiger partial charge is 0.308 e. The number of nitrogens with one attached hydrogen (secondary N) is 1. The fourth-order valence-corrected chi connectivity index (χ4v) is 3.25. The Morgan fingerprint density at radius 2 is 2.13 bits per heavy atom. The third-order valence-corrected chi connectivity index (χ3v) is 4.61. The number of alkyl halides is 1.